The van der Waals surface area contributed by atoms with Crippen LogP contribution in [0.4, 0.5) is 17.5 Å². The lowest BCUT2D eigenvalue weighted by Crippen LogP contribution is -1.99. The number of aromatic nitrogens is 6. The van der Waals surface area contributed by atoms with E-state index in [1.807, 2.05) is 48.8 Å². The molecule has 5 aromatic rings. The van der Waals surface area contributed by atoms with Gasteiger partial charge in [-0.05, 0) is 29.8 Å². The van der Waals surface area contributed by atoms with Crippen molar-refractivity contribution in [3.05, 3.63) is 96.5 Å². The molecule has 32 heavy (non-hydrogen) atoms. The SMILES string of the molecule is Nc1ncc(/C=C/c2cncnc2Nc2ccc3c(c2)ncn3Cc2ccccc2)cn1. The molecular weight excluding hydrogens is 400 g/mol. The Morgan fingerprint density at radius 2 is 1.75 bits per heavy atom. The number of hydrogen-bond donors (Lipinski definition) is 2. The van der Waals surface area contributed by atoms with E-state index >= 15 is 0 Å². The maximum Gasteiger partial charge on any atom is 0.219 e. The van der Waals surface area contributed by atoms with Gasteiger partial charge in [-0.1, -0.05) is 36.4 Å². The van der Waals surface area contributed by atoms with Crippen LogP contribution in [0.25, 0.3) is 23.2 Å². The van der Waals surface area contributed by atoms with Gasteiger partial charge in [0.2, 0.25) is 5.95 Å². The molecule has 0 aliphatic heterocycles. The second-order valence-electron chi connectivity index (χ2n) is 7.22. The summed E-state index contributed by atoms with van der Waals surface area (Å²) in [7, 11) is 0. The summed E-state index contributed by atoms with van der Waals surface area (Å²) in [5, 5.41) is 3.37. The summed E-state index contributed by atoms with van der Waals surface area (Å²) in [6, 6.07) is 16.4. The number of nitrogens with two attached hydrogens (primary N) is 1. The van der Waals surface area contributed by atoms with Crippen LogP contribution >= 0.6 is 0 Å². The Morgan fingerprint density at radius 3 is 2.59 bits per heavy atom. The fourth-order valence-electron chi connectivity index (χ4n) is 3.37. The minimum Gasteiger partial charge on any atom is -0.368 e. The molecule has 0 saturated carbocycles. The minimum absolute atomic E-state index is 0.245. The maximum atomic E-state index is 5.54. The summed E-state index contributed by atoms with van der Waals surface area (Å²) in [6.45, 7) is 0.778. The average Bonchev–Trinajstić information content (AvgIpc) is 3.22. The van der Waals surface area contributed by atoms with Gasteiger partial charge in [-0.3, -0.25) is 0 Å². The largest absolute Gasteiger partial charge is 0.368 e. The summed E-state index contributed by atoms with van der Waals surface area (Å²) in [5.41, 5.74) is 11.3. The standard InChI is InChI=1S/C24H20N8/c25-24-27-11-18(12-28-24)6-7-19-13-26-15-29-23(19)31-20-8-9-22-21(10-20)30-16-32(22)14-17-4-2-1-3-5-17/h1-13,15-16H,14H2,(H2,25,27,28)(H,26,29,31)/b7-6+. The molecule has 0 spiro atoms. The first-order valence-electron chi connectivity index (χ1n) is 10.1. The smallest absolute Gasteiger partial charge is 0.219 e. The first kappa shape index (κ1) is 19.4. The van der Waals surface area contributed by atoms with E-state index in [0.29, 0.717) is 5.82 Å². The zero-order chi connectivity index (χ0) is 21.8. The molecule has 0 bridgehead atoms. The van der Waals surface area contributed by atoms with Gasteiger partial charge in [0.15, 0.2) is 0 Å². The topological polar surface area (TPSA) is 107 Å². The van der Waals surface area contributed by atoms with Crippen molar-refractivity contribution in [3.63, 3.8) is 0 Å². The molecule has 0 amide bonds. The van der Waals surface area contributed by atoms with E-state index in [4.69, 9.17) is 5.73 Å². The Hall–Kier alpha value is -4.59. The molecule has 2 aromatic carbocycles. The highest BCUT2D eigenvalue weighted by atomic mass is 15.1. The number of benzene rings is 2. The van der Waals surface area contributed by atoms with Gasteiger partial charge in [0.1, 0.15) is 12.1 Å². The minimum atomic E-state index is 0.245. The fraction of sp³-hybridized carbons (Fsp3) is 0.0417. The molecule has 0 atom stereocenters. The molecule has 3 N–H and O–H groups in total. The Labute approximate surface area is 184 Å². The number of nitrogens with one attached hydrogen (secondary N) is 1. The van der Waals surface area contributed by atoms with Crippen LogP contribution in [0.3, 0.4) is 0 Å². The van der Waals surface area contributed by atoms with Crippen LogP contribution in [-0.2, 0) is 6.54 Å². The van der Waals surface area contributed by atoms with Crippen molar-refractivity contribution in [2.45, 2.75) is 6.54 Å². The van der Waals surface area contributed by atoms with Gasteiger partial charge in [-0.15, -0.1) is 0 Å². The molecule has 3 heterocycles. The lowest BCUT2D eigenvalue weighted by atomic mass is 10.2. The van der Waals surface area contributed by atoms with Crippen molar-refractivity contribution < 1.29 is 0 Å². The summed E-state index contributed by atoms with van der Waals surface area (Å²) in [4.78, 5) is 21.1. The van der Waals surface area contributed by atoms with E-state index in [1.165, 1.54) is 11.9 Å². The Bertz CT molecular complexity index is 1370. The molecule has 0 unspecified atom stereocenters. The molecule has 156 valence electrons. The highest BCUT2D eigenvalue weighted by molar-refractivity contribution is 5.82. The molecule has 0 aliphatic carbocycles. The lowest BCUT2D eigenvalue weighted by molar-refractivity contribution is 0.824. The number of nitrogens with zero attached hydrogens (tertiary/aromatic N) is 6. The first-order chi connectivity index (χ1) is 15.7. The zero-order valence-corrected chi connectivity index (χ0v) is 17.1. The van der Waals surface area contributed by atoms with Crippen molar-refractivity contribution in [2.24, 2.45) is 0 Å². The van der Waals surface area contributed by atoms with E-state index in [1.54, 1.807) is 18.6 Å². The number of fused-ring (bicyclic) bond motifs is 1. The third-order valence-corrected chi connectivity index (χ3v) is 4.97. The van der Waals surface area contributed by atoms with Gasteiger partial charge in [-0.25, -0.2) is 24.9 Å². The van der Waals surface area contributed by atoms with Crippen LogP contribution in [-0.4, -0.2) is 29.5 Å². The van der Waals surface area contributed by atoms with Gasteiger partial charge in [0, 0.05) is 41.9 Å². The number of imidazole rings is 1. The Morgan fingerprint density at radius 1 is 0.906 bits per heavy atom. The van der Waals surface area contributed by atoms with Crippen LogP contribution in [0.5, 0.6) is 0 Å². The van der Waals surface area contributed by atoms with Crippen LogP contribution in [0.1, 0.15) is 16.7 Å². The van der Waals surface area contributed by atoms with Crippen molar-refractivity contribution in [2.75, 3.05) is 11.1 Å². The van der Waals surface area contributed by atoms with Gasteiger partial charge < -0.3 is 15.6 Å². The first-order valence-corrected chi connectivity index (χ1v) is 10.1. The lowest BCUT2D eigenvalue weighted by Gasteiger charge is -2.09. The summed E-state index contributed by atoms with van der Waals surface area (Å²) in [5.74, 6) is 0.935. The molecule has 5 rings (SSSR count). The predicted molar refractivity (Wildman–Crippen MR) is 126 cm³/mol. The van der Waals surface area contributed by atoms with E-state index < -0.39 is 0 Å². The third-order valence-electron chi connectivity index (χ3n) is 4.97. The maximum absolute atomic E-state index is 5.54. The number of anilines is 3. The Kier molecular flexibility index (Phi) is 5.24. The van der Waals surface area contributed by atoms with E-state index in [9.17, 15) is 0 Å². The Balaban J connectivity index is 1.37. The van der Waals surface area contributed by atoms with Crippen LogP contribution in [0, 0.1) is 0 Å². The molecule has 0 aliphatic rings. The van der Waals surface area contributed by atoms with Gasteiger partial charge in [0.25, 0.3) is 0 Å². The molecule has 0 fully saturated rings. The highest BCUT2D eigenvalue weighted by Crippen LogP contribution is 2.24. The second kappa shape index (κ2) is 8.65. The average molecular weight is 420 g/mol. The second-order valence-corrected chi connectivity index (χ2v) is 7.22. The number of nitrogen functional groups attached to an aromatic ring is 1. The van der Waals surface area contributed by atoms with Crippen molar-refractivity contribution in [3.8, 4) is 0 Å². The third kappa shape index (κ3) is 4.29. The number of hydrogen-bond acceptors (Lipinski definition) is 7. The van der Waals surface area contributed by atoms with Crippen LogP contribution in [0.2, 0.25) is 0 Å². The normalized spacial score (nSPS) is 11.2. The fourth-order valence-corrected chi connectivity index (χ4v) is 3.37. The molecular formula is C24H20N8. The van der Waals surface area contributed by atoms with Crippen molar-refractivity contribution in [1.82, 2.24) is 29.5 Å². The van der Waals surface area contributed by atoms with E-state index in [2.05, 4.69) is 53.0 Å². The summed E-state index contributed by atoms with van der Waals surface area (Å²) in [6.07, 6.45) is 12.2. The van der Waals surface area contributed by atoms with Gasteiger partial charge in [-0.2, -0.15) is 0 Å². The van der Waals surface area contributed by atoms with Crippen molar-refractivity contribution in [1.29, 1.82) is 0 Å². The molecule has 8 heteroatoms. The monoisotopic (exact) mass is 420 g/mol. The highest BCUT2D eigenvalue weighted by Gasteiger charge is 2.07. The summed E-state index contributed by atoms with van der Waals surface area (Å²) >= 11 is 0. The van der Waals surface area contributed by atoms with Gasteiger partial charge >= 0.3 is 0 Å². The van der Waals surface area contributed by atoms with Crippen LogP contribution in [0.15, 0.2) is 79.8 Å². The molecule has 8 nitrogen and oxygen atoms in total. The van der Waals surface area contributed by atoms with Crippen molar-refractivity contribution >= 4 is 40.6 Å². The molecule has 0 radical (unpaired) electrons. The van der Waals surface area contributed by atoms with Crippen LogP contribution < -0.4 is 11.1 Å². The summed E-state index contributed by atoms with van der Waals surface area (Å²) < 4.78 is 2.14. The molecule has 0 saturated heterocycles. The molecule has 3 aromatic heterocycles. The predicted octanol–water partition coefficient (Wildman–Crippen LogP) is 4.16. The zero-order valence-electron chi connectivity index (χ0n) is 17.1. The quantitative estimate of drug-likeness (QED) is 0.425. The van der Waals surface area contributed by atoms with E-state index in [-0.39, 0.29) is 5.95 Å². The number of rotatable bonds is 6. The van der Waals surface area contributed by atoms with Gasteiger partial charge in [0.05, 0.1) is 17.4 Å². The van der Waals surface area contributed by atoms with E-state index in [0.717, 1.165) is 34.4 Å².